The SMILES string of the molecule is CCCCN(CCO)c1ccccc1C=O. The Bertz CT molecular complexity index is 325. The van der Waals surface area contributed by atoms with Crippen molar-refractivity contribution in [2.24, 2.45) is 0 Å². The molecular weight excluding hydrogens is 202 g/mol. The first-order chi connectivity index (χ1) is 7.83. The van der Waals surface area contributed by atoms with Gasteiger partial charge in [-0.05, 0) is 18.6 Å². The van der Waals surface area contributed by atoms with Crippen LogP contribution in [0.3, 0.4) is 0 Å². The van der Waals surface area contributed by atoms with Crippen LogP contribution in [0.5, 0.6) is 0 Å². The van der Waals surface area contributed by atoms with E-state index in [4.69, 9.17) is 5.11 Å². The van der Waals surface area contributed by atoms with Crippen molar-refractivity contribution in [2.75, 3.05) is 24.6 Å². The summed E-state index contributed by atoms with van der Waals surface area (Å²) in [6.45, 7) is 3.69. The van der Waals surface area contributed by atoms with Crippen molar-refractivity contribution in [3.63, 3.8) is 0 Å². The van der Waals surface area contributed by atoms with Gasteiger partial charge in [-0.3, -0.25) is 4.79 Å². The third kappa shape index (κ3) is 3.35. The molecule has 0 bridgehead atoms. The average Bonchev–Trinajstić information content (AvgIpc) is 2.34. The number of aliphatic hydroxyl groups is 1. The minimum absolute atomic E-state index is 0.108. The molecule has 0 aromatic heterocycles. The highest BCUT2D eigenvalue weighted by Crippen LogP contribution is 2.18. The van der Waals surface area contributed by atoms with E-state index in [9.17, 15) is 4.79 Å². The Kier molecular flexibility index (Phi) is 5.57. The van der Waals surface area contributed by atoms with Gasteiger partial charge < -0.3 is 10.0 Å². The van der Waals surface area contributed by atoms with Gasteiger partial charge in [-0.2, -0.15) is 0 Å². The summed E-state index contributed by atoms with van der Waals surface area (Å²) in [7, 11) is 0. The van der Waals surface area contributed by atoms with Crippen molar-refractivity contribution < 1.29 is 9.90 Å². The molecule has 0 saturated heterocycles. The van der Waals surface area contributed by atoms with Crippen LogP contribution in [0.1, 0.15) is 30.1 Å². The van der Waals surface area contributed by atoms with E-state index in [2.05, 4.69) is 11.8 Å². The smallest absolute Gasteiger partial charge is 0.152 e. The number of aliphatic hydroxyl groups excluding tert-OH is 1. The van der Waals surface area contributed by atoms with Crippen molar-refractivity contribution >= 4 is 12.0 Å². The van der Waals surface area contributed by atoms with Gasteiger partial charge in [0.15, 0.2) is 6.29 Å². The first-order valence-corrected chi connectivity index (χ1v) is 5.73. The van der Waals surface area contributed by atoms with Gasteiger partial charge in [-0.1, -0.05) is 25.5 Å². The van der Waals surface area contributed by atoms with Gasteiger partial charge in [-0.25, -0.2) is 0 Å². The van der Waals surface area contributed by atoms with Crippen molar-refractivity contribution in [1.82, 2.24) is 0 Å². The Balaban J connectivity index is 2.85. The van der Waals surface area contributed by atoms with E-state index in [0.717, 1.165) is 31.4 Å². The molecule has 3 heteroatoms. The van der Waals surface area contributed by atoms with Crippen molar-refractivity contribution in [2.45, 2.75) is 19.8 Å². The third-order valence-corrected chi connectivity index (χ3v) is 2.56. The summed E-state index contributed by atoms with van der Waals surface area (Å²) in [5, 5.41) is 9.03. The van der Waals surface area contributed by atoms with Gasteiger partial charge in [0, 0.05) is 24.3 Å². The highest BCUT2D eigenvalue weighted by atomic mass is 16.3. The second kappa shape index (κ2) is 7.01. The van der Waals surface area contributed by atoms with Crippen LogP contribution in [-0.2, 0) is 0 Å². The minimum atomic E-state index is 0.108. The lowest BCUT2D eigenvalue weighted by atomic mass is 10.1. The van der Waals surface area contributed by atoms with Gasteiger partial charge in [0.1, 0.15) is 0 Å². The lowest BCUT2D eigenvalue weighted by Crippen LogP contribution is -2.28. The Morgan fingerprint density at radius 3 is 2.69 bits per heavy atom. The molecular formula is C13H19NO2. The standard InChI is InChI=1S/C13H19NO2/c1-2-3-8-14(9-10-15)13-7-5-4-6-12(13)11-16/h4-7,11,15H,2-3,8-10H2,1H3. The summed E-state index contributed by atoms with van der Waals surface area (Å²) in [4.78, 5) is 13.0. The first-order valence-electron chi connectivity index (χ1n) is 5.73. The number of hydrogen-bond donors (Lipinski definition) is 1. The fourth-order valence-electron chi connectivity index (χ4n) is 1.70. The maximum atomic E-state index is 10.9. The molecule has 16 heavy (non-hydrogen) atoms. The van der Waals surface area contributed by atoms with Crippen LogP contribution >= 0.6 is 0 Å². The third-order valence-electron chi connectivity index (χ3n) is 2.56. The van der Waals surface area contributed by atoms with E-state index < -0.39 is 0 Å². The maximum Gasteiger partial charge on any atom is 0.152 e. The molecule has 0 aliphatic rings. The maximum absolute atomic E-state index is 10.9. The summed E-state index contributed by atoms with van der Waals surface area (Å²) in [6.07, 6.45) is 3.03. The Labute approximate surface area is 96.7 Å². The highest BCUT2D eigenvalue weighted by molar-refractivity contribution is 5.84. The van der Waals surface area contributed by atoms with E-state index in [1.807, 2.05) is 18.2 Å². The Morgan fingerprint density at radius 1 is 1.31 bits per heavy atom. The largest absolute Gasteiger partial charge is 0.395 e. The van der Waals surface area contributed by atoms with Gasteiger partial charge in [-0.15, -0.1) is 0 Å². The zero-order chi connectivity index (χ0) is 11.8. The molecule has 0 unspecified atom stereocenters. The monoisotopic (exact) mass is 221 g/mol. The van der Waals surface area contributed by atoms with E-state index >= 15 is 0 Å². The molecule has 1 aromatic rings. The molecule has 1 aromatic carbocycles. The molecule has 0 amide bonds. The minimum Gasteiger partial charge on any atom is -0.395 e. The molecule has 0 spiro atoms. The van der Waals surface area contributed by atoms with E-state index in [-0.39, 0.29) is 6.61 Å². The molecule has 0 aliphatic carbocycles. The van der Waals surface area contributed by atoms with E-state index in [0.29, 0.717) is 12.1 Å². The second-order valence-corrected chi connectivity index (χ2v) is 3.74. The van der Waals surface area contributed by atoms with Gasteiger partial charge in [0.25, 0.3) is 0 Å². The molecule has 0 atom stereocenters. The normalized spacial score (nSPS) is 10.1. The van der Waals surface area contributed by atoms with Crippen LogP contribution in [0, 0.1) is 0 Å². The molecule has 0 radical (unpaired) electrons. The number of rotatable bonds is 7. The predicted octanol–water partition coefficient (Wildman–Crippen LogP) is 2.10. The van der Waals surface area contributed by atoms with E-state index in [1.54, 1.807) is 6.07 Å². The fraction of sp³-hybridized carbons (Fsp3) is 0.462. The zero-order valence-corrected chi connectivity index (χ0v) is 9.72. The molecule has 1 rings (SSSR count). The van der Waals surface area contributed by atoms with Gasteiger partial charge in [0.05, 0.1) is 6.61 Å². The van der Waals surface area contributed by atoms with Crippen molar-refractivity contribution in [1.29, 1.82) is 0 Å². The molecule has 1 N–H and O–H groups in total. The highest BCUT2D eigenvalue weighted by Gasteiger charge is 2.09. The number of nitrogens with zero attached hydrogens (tertiary/aromatic N) is 1. The lowest BCUT2D eigenvalue weighted by molar-refractivity contribution is 0.112. The number of carbonyl (C=O) groups excluding carboxylic acids is 1. The molecule has 0 aliphatic heterocycles. The van der Waals surface area contributed by atoms with Crippen LogP contribution < -0.4 is 4.90 Å². The summed E-state index contributed by atoms with van der Waals surface area (Å²) < 4.78 is 0. The fourth-order valence-corrected chi connectivity index (χ4v) is 1.70. The summed E-state index contributed by atoms with van der Waals surface area (Å²) >= 11 is 0. The van der Waals surface area contributed by atoms with Gasteiger partial charge >= 0.3 is 0 Å². The quantitative estimate of drug-likeness (QED) is 0.717. The van der Waals surface area contributed by atoms with Crippen molar-refractivity contribution in [3.8, 4) is 0 Å². The molecule has 88 valence electrons. The summed E-state index contributed by atoms with van der Waals surface area (Å²) in [5.41, 5.74) is 1.60. The number of unbranched alkanes of at least 4 members (excludes halogenated alkanes) is 1. The molecule has 0 saturated carbocycles. The molecule has 0 fully saturated rings. The average molecular weight is 221 g/mol. The van der Waals surface area contributed by atoms with Crippen LogP contribution in [0.4, 0.5) is 5.69 Å². The van der Waals surface area contributed by atoms with Gasteiger partial charge in [0.2, 0.25) is 0 Å². The number of anilines is 1. The lowest BCUT2D eigenvalue weighted by Gasteiger charge is -2.25. The van der Waals surface area contributed by atoms with Crippen LogP contribution in [-0.4, -0.2) is 31.1 Å². The molecule has 0 heterocycles. The van der Waals surface area contributed by atoms with Crippen molar-refractivity contribution in [3.05, 3.63) is 29.8 Å². The van der Waals surface area contributed by atoms with Crippen LogP contribution in [0.25, 0.3) is 0 Å². The van der Waals surface area contributed by atoms with Crippen LogP contribution in [0.2, 0.25) is 0 Å². The first kappa shape index (κ1) is 12.7. The molecule has 3 nitrogen and oxygen atoms in total. The Hall–Kier alpha value is -1.35. The number of para-hydroxylation sites is 1. The summed E-state index contributed by atoms with van der Waals surface area (Å²) in [5.74, 6) is 0. The number of hydrogen-bond acceptors (Lipinski definition) is 3. The van der Waals surface area contributed by atoms with Crippen LogP contribution in [0.15, 0.2) is 24.3 Å². The van der Waals surface area contributed by atoms with E-state index in [1.165, 1.54) is 0 Å². The summed E-state index contributed by atoms with van der Waals surface area (Å²) in [6, 6.07) is 7.50. The number of aldehydes is 1. The topological polar surface area (TPSA) is 40.5 Å². The Morgan fingerprint density at radius 2 is 2.06 bits per heavy atom. The second-order valence-electron chi connectivity index (χ2n) is 3.74. The number of carbonyl (C=O) groups is 1. The number of benzene rings is 1. The zero-order valence-electron chi connectivity index (χ0n) is 9.72. The predicted molar refractivity (Wildman–Crippen MR) is 66.0 cm³/mol.